The third-order valence-electron chi connectivity index (χ3n) is 4.64. The smallest absolute Gasteiger partial charge is 0.261 e. The van der Waals surface area contributed by atoms with Crippen LogP contribution in [-0.4, -0.2) is 21.2 Å². The number of allylic oxidation sites excluding steroid dienone is 1. The molecule has 0 spiro atoms. The van der Waals surface area contributed by atoms with Gasteiger partial charge in [-0.15, -0.1) is 0 Å². The van der Waals surface area contributed by atoms with Crippen molar-refractivity contribution in [2.45, 2.75) is 45.1 Å². The van der Waals surface area contributed by atoms with Gasteiger partial charge in [0.05, 0.1) is 0 Å². The van der Waals surface area contributed by atoms with E-state index in [0.29, 0.717) is 13.0 Å². The van der Waals surface area contributed by atoms with Crippen molar-refractivity contribution in [1.29, 1.82) is 0 Å². The van der Waals surface area contributed by atoms with Crippen LogP contribution < -0.4 is 10.4 Å². The lowest BCUT2D eigenvalue weighted by Gasteiger charge is -2.43. The Hall–Kier alpha value is -1.97. The lowest BCUT2D eigenvalue weighted by molar-refractivity contribution is -0.107. The predicted octanol–water partition coefficient (Wildman–Crippen LogP) is 4.49. The monoisotopic (exact) mass is 366 g/mol. The highest BCUT2D eigenvalue weighted by Crippen LogP contribution is 2.36. The Balaban J connectivity index is 2.32. The highest BCUT2D eigenvalue weighted by Gasteiger charge is 2.49. The molecule has 138 valence electrons. The number of carbonyl (C=O) groups is 1. The van der Waals surface area contributed by atoms with Gasteiger partial charge in [0.15, 0.2) is 0 Å². The van der Waals surface area contributed by atoms with Crippen molar-refractivity contribution in [3.63, 3.8) is 0 Å². The summed E-state index contributed by atoms with van der Waals surface area (Å²) in [4.78, 5) is 10.4. The predicted molar refractivity (Wildman–Crippen MR) is 113 cm³/mol. The van der Waals surface area contributed by atoms with Gasteiger partial charge >= 0.3 is 0 Å². The number of aldehydes is 1. The van der Waals surface area contributed by atoms with Crippen LogP contribution in [0, 0.1) is 0 Å². The molecule has 0 aliphatic carbocycles. The lowest BCUT2D eigenvalue weighted by Crippen LogP contribution is -2.66. The molecule has 0 radical (unpaired) electrons. The summed E-state index contributed by atoms with van der Waals surface area (Å²) >= 11 is 0. The number of benzene rings is 2. The molecule has 0 bridgehead atoms. The maximum atomic E-state index is 10.4. The molecule has 0 aromatic heterocycles. The third kappa shape index (κ3) is 4.80. The molecule has 26 heavy (non-hydrogen) atoms. The Bertz CT molecular complexity index is 648. The molecule has 0 aliphatic heterocycles. The van der Waals surface area contributed by atoms with Crippen LogP contribution in [0.3, 0.4) is 0 Å². The van der Waals surface area contributed by atoms with Crippen molar-refractivity contribution in [2.24, 2.45) is 0 Å². The van der Waals surface area contributed by atoms with Gasteiger partial charge in [0.1, 0.15) is 6.29 Å². The van der Waals surface area contributed by atoms with Gasteiger partial charge in [0.25, 0.3) is 8.32 Å². The number of hydrogen-bond acceptors (Lipinski definition) is 2. The summed E-state index contributed by atoms with van der Waals surface area (Å²) in [5.74, 6) is 0. The van der Waals surface area contributed by atoms with E-state index >= 15 is 0 Å². The molecule has 2 nitrogen and oxygen atoms in total. The van der Waals surface area contributed by atoms with Gasteiger partial charge in [0.2, 0.25) is 0 Å². The second-order valence-electron chi connectivity index (χ2n) is 7.52. The zero-order valence-electron chi connectivity index (χ0n) is 16.2. The van der Waals surface area contributed by atoms with Gasteiger partial charge in [-0.25, -0.2) is 0 Å². The Kier molecular flexibility index (Phi) is 7.55. The van der Waals surface area contributed by atoms with Crippen molar-refractivity contribution >= 4 is 25.0 Å². The third-order valence-corrected chi connectivity index (χ3v) is 9.68. The molecule has 0 unspecified atom stereocenters. The van der Waals surface area contributed by atoms with E-state index in [9.17, 15) is 4.79 Å². The molecular weight excluding hydrogens is 336 g/mol. The quantitative estimate of drug-likeness (QED) is 0.283. The maximum Gasteiger partial charge on any atom is 0.261 e. The van der Waals surface area contributed by atoms with Crippen molar-refractivity contribution in [2.75, 3.05) is 6.61 Å². The highest BCUT2D eigenvalue weighted by molar-refractivity contribution is 6.99. The topological polar surface area (TPSA) is 26.3 Å². The van der Waals surface area contributed by atoms with E-state index in [-0.39, 0.29) is 5.04 Å². The molecule has 0 saturated heterocycles. The lowest BCUT2D eigenvalue weighted by atomic mass is 10.2. The second-order valence-corrected chi connectivity index (χ2v) is 11.8. The maximum absolute atomic E-state index is 10.4. The molecule has 0 heterocycles. The molecule has 0 atom stereocenters. The fraction of sp³-hybridized carbons (Fsp3) is 0.348. The number of carbonyl (C=O) groups excluding carboxylic acids is 1. The zero-order valence-corrected chi connectivity index (χ0v) is 17.2. The van der Waals surface area contributed by atoms with Crippen molar-refractivity contribution in [3.05, 3.63) is 72.8 Å². The summed E-state index contributed by atoms with van der Waals surface area (Å²) in [6, 6.07) is 21.4. The van der Waals surface area contributed by atoms with E-state index in [0.717, 1.165) is 19.1 Å². The molecule has 2 aromatic rings. The average molecular weight is 367 g/mol. The van der Waals surface area contributed by atoms with Crippen LogP contribution in [0.1, 0.15) is 40.0 Å². The van der Waals surface area contributed by atoms with E-state index in [1.54, 1.807) is 0 Å². The first-order valence-electron chi connectivity index (χ1n) is 9.36. The molecule has 0 N–H and O–H groups in total. The minimum atomic E-state index is -2.41. The summed E-state index contributed by atoms with van der Waals surface area (Å²) in [6.07, 6.45) is 7.42. The SMILES string of the molecule is CC(C)(C)[Si](OCC/C=C/CCC=O)(c1ccccc1)c1ccccc1. The molecular formula is C23H30O2Si. The van der Waals surface area contributed by atoms with E-state index in [4.69, 9.17) is 4.43 Å². The molecule has 0 amide bonds. The van der Waals surface area contributed by atoms with Crippen molar-refractivity contribution in [1.82, 2.24) is 0 Å². The van der Waals surface area contributed by atoms with Crippen molar-refractivity contribution in [3.8, 4) is 0 Å². The summed E-state index contributed by atoms with van der Waals surface area (Å²) in [7, 11) is -2.41. The summed E-state index contributed by atoms with van der Waals surface area (Å²) in [6.45, 7) is 7.56. The summed E-state index contributed by atoms with van der Waals surface area (Å²) in [5, 5.41) is 2.63. The first-order chi connectivity index (χ1) is 12.5. The van der Waals surface area contributed by atoms with Gasteiger partial charge in [-0.2, -0.15) is 0 Å². The van der Waals surface area contributed by atoms with Crippen LogP contribution in [-0.2, 0) is 9.22 Å². The normalized spacial score (nSPS) is 12.4. The summed E-state index contributed by atoms with van der Waals surface area (Å²) in [5.41, 5.74) is 0. The van der Waals surface area contributed by atoms with Crippen LogP contribution in [0.5, 0.6) is 0 Å². The Morgan fingerprint density at radius 2 is 1.31 bits per heavy atom. The Labute approximate surface area is 159 Å². The first kappa shape index (κ1) is 20.3. The Morgan fingerprint density at radius 3 is 1.77 bits per heavy atom. The number of hydrogen-bond donors (Lipinski definition) is 0. The van der Waals surface area contributed by atoms with E-state index < -0.39 is 8.32 Å². The largest absolute Gasteiger partial charge is 0.407 e. The van der Waals surface area contributed by atoms with E-state index in [1.165, 1.54) is 10.4 Å². The van der Waals surface area contributed by atoms with Crippen LogP contribution in [0.15, 0.2) is 72.8 Å². The van der Waals surface area contributed by atoms with Gasteiger partial charge in [-0.1, -0.05) is 93.6 Å². The standard InChI is InChI=1S/C23H30O2Si/c1-23(2,3)26(21-15-9-7-10-16-21,22-17-11-8-12-18-22)25-20-14-6-4-5-13-19-24/h4,6-12,15-19H,5,13-14,20H2,1-3H3/b6-4+. The fourth-order valence-electron chi connectivity index (χ4n) is 3.44. The van der Waals surface area contributed by atoms with E-state index in [2.05, 4.69) is 93.6 Å². The molecule has 0 fully saturated rings. The van der Waals surface area contributed by atoms with Gasteiger partial charge in [-0.05, 0) is 28.3 Å². The van der Waals surface area contributed by atoms with Crippen LogP contribution >= 0.6 is 0 Å². The fourth-order valence-corrected chi connectivity index (χ4v) is 8.02. The number of rotatable bonds is 9. The average Bonchev–Trinajstić information content (AvgIpc) is 2.64. The van der Waals surface area contributed by atoms with Crippen LogP contribution in [0.25, 0.3) is 0 Å². The number of unbranched alkanes of at least 4 members (excludes halogenated alkanes) is 1. The van der Waals surface area contributed by atoms with Crippen LogP contribution in [0.2, 0.25) is 5.04 Å². The van der Waals surface area contributed by atoms with E-state index in [1.807, 2.05) is 0 Å². The van der Waals surface area contributed by atoms with Gasteiger partial charge in [0, 0.05) is 13.0 Å². The molecule has 2 rings (SSSR count). The van der Waals surface area contributed by atoms with Crippen LogP contribution in [0.4, 0.5) is 0 Å². The molecule has 2 aromatic carbocycles. The first-order valence-corrected chi connectivity index (χ1v) is 11.3. The van der Waals surface area contributed by atoms with Crippen molar-refractivity contribution < 1.29 is 9.22 Å². The Morgan fingerprint density at radius 1 is 0.808 bits per heavy atom. The molecule has 0 saturated carbocycles. The molecule has 0 aliphatic rings. The minimum Gasteiger partial charge on any atom is -0.407 e. The zero-order chi connectivity index (χ0) is 18.9. The second kappa shape index (κ2) is 9.65. The minimum absolute atomic E-state index is 0.0109. The molecule has 3 heteroatoms. The van der Waals surface area contributed by atoms with Gasteiger partial charge in [-0.3, -0.25) is 0 Å². The highest BCUT2D eigenvalue weighted by atomic mass is 28.4. The van der Waals surface area contributed by atoms with Gasteiger partial charge < -0.3 is 9.22 Å². The summed E-state index contributed by atoms with van der Waals surface area (Å²) < 4.78 is 6.79.